The molecule has 2 aromatic carbocycles. The lowest BCUT2D eigenvalue weighted by Gasteiger charge is -2.42. The maximum absolute atomic E-state index is 6.05. The molecule has 2 N–H and O–H groups in total. The van der Waals surface area contributed by atoms with Crippen molar-refractivity contribution in [3.05, 3.63) is 58.7 Å². The van der Waals surface area contributed by atoms with Crippen molar-refractivity contribution in [2.24, 2.45) is 0 Å². The van der Waals surface area contributed by atoms with Gasteiger partial charge < -0.3 is 10.5 Å². The summed E-state index contributed by atoms with van der Waals surface area (Å²) in [6.45, 7) is 11.6. The van der Waals surface area contributed by atoms with Crippen molar-refractivity contribution in [3.8, 4) is 5.75 Å². The third-order valence-corrected chi connectivity index (χ3v) is 5.95. The number of hydrogen-bond acceptors (Lipinski definition) is 2. The topological polar surface area (TPSA) is 35.2 Å². The van der Waals surface area contributed by atoms with Crippen LogP contribution >= 0.6 is 0 Å². The van der Waals surface area contributed by atoms with Gasteiger partial charge in [0.15, 0.2) is 0 Å². The lowest BCUT2D eigenvalue weighted by molar-refractivity contribution is 0.332. The number of fused-ring (bicyclic) bond motifs is 1. The fourth-order valence-electron chi connectivity index (χ4n) is 4.01. The lowest BCUT2D eigenvalue weighted by atomic mass is 9.63. The summed E-state index contributed by atoms with van der Waals surface area (Å²) in [4.78, 5) is 0. The summed E-state index contributed by atoms with van der Waals surface area (Å²) in [7, 11) is 1.64. The van der Waals surface area contributed by atoms with Crippen LogP contribution in [0.25, 0.3) is 11.6 Å². The molecule has 1 aliphatic rings. The number of benzene rings is 2. The number of hydrogen-bond donors (Lipinski definition) is 1. The molecule has 0 spiro atoms. The summed E-state index contributed by atoms with van der Waals surface area (Å²) in [6.07, 6.45) is 4.67. The molecule has 0 atom stereocenters. The van der Waals surface area contributed by atoms with E-state index in [0.29, 0.717) is 5.69 Å². The van der Waals surface area contributed by atoms with E-state index in [-0.39, 0.29) is 10.8 Å². The minimum absolute atomic E-state index is 0.228. The van der Waals surface area contributed by atoms with Crippen LogP contribution in [0.5, 0.6) is 5.75 Å². The van der Waals surface area contributed by atoms with Crippen LogP contribution in [0, 0.1) is 0 Å². The number of rotatable bonds is 3. The quantitative estimate of drug-likeness (QED) is 0.530. The molecule has 138 valence electrons. The fraction of sp³-hybridized carbons (Fsp3) is 0.417. The van der Waals surface area contributed by atoms with Crippen LogP contribution in [0.2, 0.25) is 0 Å². The van der Waals surface area contributed by atoms with Gasteiger partial charge in [-0.2, -0.15) is 0 Å². The van der Waals surface area contributed by atoms with E-state index >= 15 is 0 Å². The zero-order valence-electron chi connectivity index (χ0n) is 16.9. The molecule has 1 aliphatic carbocycles. The Morgan fingerprint density at radius 2 is 1.62 bits per heavy atom. The molecule has 0 fully saturated rings. The summed E-state index contributed by atoms with van der Waals surface area (Å²) >= 11 is 0. The summed E-state index contributed by atoms with van der Waals surface area (Å²) in [5.74, 6) is 0.720. The summed E-state index contributed by atoms with van der Waals surface area (Å²) in [5.41, 5.74) is 13.8. The molecule has 3 rings (SSSR count). The summed E-state index contributed by atoms with van der Waals surface area (Å²) in [5, 5.41) is 0. The van der Waals surface area contributed by atoms with E-state index in [0.717, 1.165) is 11.3 Å². The SMILES string of the molecule is COc1ccc(/C=C(\C)c2ccc3c(c2)C(C)(C)CCC3(C)C)cc1N. The highest BCUT2D eigenvalue weighted by Gasteiger charge is 2.36. The van der Waals surface area contributed by atoms with Gasteiger partial charge in [-0.1, -0.05) is 58.0 Å². The molecule has 0 bridgehead atoms. The zero-order chi connectivity index (χ0) is 19.1. The van der Waals surface area contributed by atoms with Crippen LogP contribution in [0.15, 0.2) is 36.4 Å². The van der Waals surface area contributed by atoms with Crippen LogP contribution in [-0.2, 0) is 10.8 Å². The van der Waals surface area contributed by atoms with E-state index in [1.54, 1.807) is 7.11 Å². The second-order valence-corrected chi connectivity index (χ2v) is 8.86. The highest BCUT2D eigenvalue weighted by Crippen LogP contribution is 2.46. The molecule has 2 nitrogen and oxygen atoms in total. The van der Waals surface area contributed by atoms with Crippen molar-refractivity contribution in [2.45, 2.75) is 58.3 Å². The number of nitrogen functional groups attached to an aromatic ring is 1. The number of anilines is 1. The predicted molar refractivity (Wildman–Crippen MR) is 113 cm³/mol. The molecule has 2 heteroatoms. The monoisotopic (exact) mass is 349 g/mol. The van der Waals surface area contributed by atoms with Crippen LogP contribution < -0.4 is 10.5 Å². The summed E-state index contributed by atoms with van der Waals surface area (Å²) < 4.78 is 5.25. The third-order valence-electron chi connectivity index (χ3n) is 5.95. The van der Waals surface area contributed by atoms with Crippen molar-refractivity contribution in [2.75, 3.05) is 12.8 Å². The first-order chi connectivity index (χ1) is 12.1. The molecule has 0 aliphatic heterocycles. The molecule has 0 saturated carbocycles. The van der Waals surface area contributed by atoms with Gasteiger partial charge in [0.25, 0.3) is 0 Å². The van der Waals surface area contributed by atoms with Gasteiger partial charge in [-0.15, -0.1) is 0 Å². The number of nitrogens with two attached hydrogens (primary N) is 1. The van der Waals surface area contributed by atoms with Gasteiger partial charge in [0, 0.05) is 0 Å². The van der Waals surface area contributed by atoms with Gasteiger partial charge in [0.2, 0.25) is 0 Å². The number of allylic oxidation sites excluding steroid dienone is 1. The molecule has 26 heavy (non-hydrogen) atoms. The Labute approximate surface area is 158 Å². The molecule has 0 radical (unpaired) electrons. The molecular formula is C24H31NO. The first-order valence-corrected chi connectivity index (χ1v) is 9.41. The predicted octanol–water partition coefficient (Wildman–Crippen LogP) is 6.19. The second-order valence-electron chi connectivity index (χ2n) is 8.86. The average molecular weight is 350 g/mol. The van der Waals surface area contributed by atoms with Crippen LogP contribution in [0.3, 0.4) is 0 Å². The molecule has 0 saturated heterocycles. The molecular weight excluding hydrogens is 318 g/mol. The molecule has 0 unspecified atom stereocenters. The fourth-order valence-corrected chi connectivity index (χ4v) is 4.01. The smallest absolute Gasteiger partial charge is 0.141 e. The Morgan fingerprint density at radius 3 is 2.23 bits per heavy atom. The standard InChI is InChI=1S/C24H31NO/c1-16(13-17-7-10-22(26-6)21(25)14-17)18-8-9-19-20(15-18)24(4,5)12-11-23(19,2)3/h7-10,13-15H,11-12,25H2,1-6H3/b16-13+. The minimum Gasteiger partial charge on any atom is -0.495 e. The normalized spacial score (nSPS) is 18.3. The molecule has 0 heterocycles. The van der Waals surface area contributed by atoms with Gasteiger partial charge in [-0.3, -0.25) is 0 Å². The van der Waals surface area contributed by atoms with E-state index in [9.17, 15) is 0 Å². The average Bonchev–Trinajstić information content (AvgIpc) is 2.59. The van der Waals surface area contributed by atoms with E-state index in [1.807, 2.05) is 18.2 Å². The maximum Gasteiger partial charge on any atom is 0.141 e. The second kappa shape index (κ2) is 6.50. The van der Waals surface area contributed by atoms with E-state index in [1.165, 1.54) is 35.1 Å². The highest BCUT2D eigenvalue weighted by atomic mass is 16.5. The Morgan fingerprint density at radius 1 is 0.962 bits per heavy atom. The Balaban J connectivity index is 2.01. The Kier molecular flexibility index (Phi) is 4.64. The Hall–Kier alpha value is -2.22. The van der Waals surface area contributed by atoms with Gasteiger partial charge in [-0.25, -0.2) is 0 Å². The van der Waals surface area contributed by atoms with Crippen molar-refractivity contribution in [3.63, 3.8) is 0 Å². The van der Waals surface area contributed by atoms with E-state index in [4.69, 9.17) is 10.5 Å². The first kappa shape index (κ1) is 18.6. The zero-order valence-corrected chi connectivity index (χ0v) is 16.9. The van der Waals surface area contributed by atoms with Gasteiger partial charge in [0.05, 0.1) is 12.8 Å². The number of methoxy groups -OCH3 is 1. The lowest BCUT2D eigenvalue weighted by Crippen LogP contribution is -2.33. The Bertz CT molecular complexity index is 859. The third kappa shape index (κ3) is 3.38. The number of ether oxygens (including phenoxy) is 1. The van der Waals surface area contributed by atoms with Gasteiger partial charge in [-0.05, 0) is 70.6 Å². The van der Waals surface area contributed by atoms with Crippen LogP contribution in [0.4, 0.5) is 5.69 Å². The molecule has 2 aromatic rings. The van der Waals surface area contributed by atoms with E-state index in [2.05, 4.69) is 58.9 Å². The largest absolute Gasteiger partial charge is 0.495 e. The van der Waals surface area contributed by atoms with Gasteiger partial charge in [0.1, 0.15) is 5.75 Å². The van der Waals surface area contributed by atoms with Crippen LogP contribution in [0.1, 0.15) is 69.7 Å². The molecule has 0 amide bonds. The highest BCUT2D eigenvalue weighted by molar-refractivity contribution is 5.82. The minimum atomic E-state index is 0.228. The first-order valence-electron chi connectivity index (χ1n) is 9.41. The van der Waals surface area contributed by atoms with Crippen molar-refractivity contribution >= 4 is 17.3 Å². The van der Waals surface area contributed by atoms with Crippen molar-refractivity contribution < 1.29 is 4.74 Å². The van der Waals surface area contributed by atoms with Crippen molar-refractivity contribution in [1.29, 1.82) is 0 Å². The maximum atomic E-state index is 6.05. The van der Waals surface area contributed by atoms with Gasteiger partial charge >= 0.3 is 0 Å². The summed E-state index contributed by atoms with van der Waals surface area (Å²) in [6, 6.07) is 12.9. The van der Waals surface area contributed by atoms with E-state index < -0.39 is 0 Å². The van der Waals surface area contributed by atoms with Crippen molar-refractivity contribution in [1.82, 2.24) is 0 Å². The van der Waals surface area contributed by atoms with Crippen LogP contribution in [-0.4, -0.2) is 7.11 Å². The molecule has 0 aromatic heterocycles.